The molecule has 114 valence electrons. The first-order chi connectivity index (χ1) is 10.4. The van der Waals surface area contributed by atoms with E-state index >= 15 is 0 Å². The van der Waals surface area contributed by atoms with Gasteiger partial charge in [0.05, 0.1) is 4.92 Å². The van der Waals surface area contributed by atoms with Crippen molar-refractivity contribution in [1.29, 1.82) is 0 Å². The Morgan fingerprint density at radius 2 is 1.86 bits per heavy atom. The predicted octanol–water partition coefficient (Wildman–Crippen LogP) is 1.89. The SMILES string of the molecule is C[C@@H](OC(=O)c1ccc(-c2ccc([N+](=O)[O-])cc2)o1)C(N)=O. The van der Waals surface area contributed by atoms with Crippen LogP contribution in [0.1, 0.15) is 17.5 Å². The number of hydrogen-bond donors (Lipinski definition) is 1. The van der Waals surface area contributed by atoms with Crippen molar-refractivity contribution in [2.75, 3.05) is 0 Å². The largest absolute Gasteiger partial charge is 0.449 e. The molecule has 0 aliphatic rings. The molecule has 2 rings (SSSR count). The molecule has 0 fully saturated rings. The predicted molar refractivity (Wildman–Crippen MR) is 74.9 cm³/mol. The Balaban J connectivity index is 2.15. The average molecular weight is 304 g/mol. The number of amides is 1. The molecule has 8 heteroatoms. The number of rotatable bonds is 5. The van der Waals surface area contributed by atoms with Crippen LogP contribution in [-0.4, -0.2) is 22.9 Å². The maximum atomic E-state index is 11.7. The lowest BCUT2D eigenvalue weighted by Gasteiger charge is -2.07. The van der Waals surface area contributed by atoms with Gasteiger partial charge in [0, 0.05) is 17.7 Å². The number of carbonyl (C=O) groups excluding carboxylic acids is 2. The van der Waals surface area contributed by atoms with Crippen molar-refractivity contribution in [3.8, 4) is 11.3 Å². The second kappa shape index (κ2) is 6.08. The Labute approximate surface area is 124 Å². The van der Waals surface area contributed by atoms with Gasteiger partial charge in [0.1, 0.15) is 5.76 Å². The van der Waals surface area contributed by atoms with Gasteiger partial charge >= 0.3 is 5.97 Å². The molecular formula is C14H12N2O6. The highest BCUT2D eigenvalue weighted by atomic mass is 16.6. The van der Waals surface area contributed by atoms with Gasteiger partial charge in [-0.1, -0.05) is 0 Å². The monoisotopic (exact) mass is 304 g/mol. The summed E-state index contributed by atoms with van der Waals surface area (Å²) in [4.78, 5) is 32.6. The number of nitrogens with two attached hydrogens (primary N) is 1. The Morgan fingerprint density at radius 3 is 2.41 bits per heavy atom. The molecule has 1 aromatic heterocycles. The van der Waals surface area contributed by atoms with E-state index in [1.165, 1.54) is 43.3 Å². The van der Waals surface area contributed by atoms with Gasteiger partial charge in [-0.2, -0.15) is 0 Å². The Kier molecular flexibility index (Phi) is 4.21. The summed E-state index contributed by atoms with van der Waals surface area (Å²) in [6.45, 7) is 1.35. The zero-order valence-electron chi connectivity index (χ0n) is 11.5. The summed E-state index contributed by atoms with van der Waals surface area (Å²) in [5.41, 5.74) is 5.51. The molecule has 0 spiro atoms. The number of nitrogens with zero attached hydrogens (tertiary/aromatic N) is 1. The number of ether oxygens (including phenoxy) is 1. The lowest BCUT2D eigenvalue weighted by molar-refractivity contribution is -0.384. The molecule has 0 unspecified atom stereocenters. The van der Waals surface area contributed by atoms with Crippen molar-refractivity contribution in [3.63, 3.8) is 0 Å². The van der Waals surface area contributed by atoms with Crippen LogP contribution >= 0.6 is 0 Å². The number of nitro groups is 1. The first kappa shape index (κ1) is 15.2. The molecule has 1 aromatic carbocycles. The van der Waals surface area contributed by atoms with Crippen LogP contribution in [0.15, 0.2) is 40.8 Å². The summed E-state index contributed by atoms with van der Waals surface area (Å²) in [6, 6.07) is 8.55. The van der Waals surface area contributed by atoms with E-state index < -0.39 is 22.9 Å². The minimum atomic E-state index is -1.07. The molecule has 2 N–H and O–H groups in total. The van der Waals surface area contributed by atoms with E-state index in [0.29, 0.717) is 11.3 Å². The van der Waals surface area contributed by atoms with Crippen molar-refractivity contribution < 1.29 is 23.7 Å². The van der Waals surface area contributed by atoms with E-state index in [2.05, 4.69) is 0 Å². The standard InChI is InChI=1S/C14H12N2O6/c1-8(13(15)17)21-14(18)12-7-6-11(22-12)9-2-4-10(5-3-9)16(19)20/h2-8H,1H3,(H2,15,17)/t8-/m1/s1. The summed E-state index contributed by atoms with van der Waals surface area (Å²) < 4.78 is 10.1. The normalized spacial score (nSPS) is 11.7. The maximum absolute atomic E-state index is 11.7. The van der Waals surface area contributed by atoms with Crippen molar-refractivity contribution >= 4 is 17.6 Å². The summed E-state index contributed by atoms with van der Waals surface area (Å²) in [6.07, 6.45) is -1.07. The number of carbonyl (C=O) groups is 2. The van der Waals surface area contributed by atoms with Gasteiger partial charge in [0.15, 0.2) is 6.10 Å². The number of esters is 1. The molecule has 1 atom stereocenters. The van der Waals surface area contributed by atoms with E-state index in [4.69, 9.17) is 14.9 Å². The van der Waals surface area contributed by atoms with Crippen molar-refractivity contribution in [3.05, 3.63) is 52.3 Å². The van der Waals surface area contributed by atoms with E-state index in [1.54, 1.807) is 0 Å². The highest BCUT2D eigenvalue weighted by molar-refractivity contribution is 5.90. The number of hydrogen-bond acceptors (Lipinski definition) is 6. The molecule has 0 saturated carbocycles. The average Bonchev–Trinajstić information content (AvgIpc) is 2.97. The molecule has 0 saturated heterocycles. The quantitative estimate of drug-likeness (QED) is 0.510. The number of primary amides is 1. The number of furan rings is 1. The van der Waals surface area contributed by atoms with Gasteiger partial charge in [-0.3, -0.25) is 14.9 Å². The second-order valence-electron chi connectivity index (χ2n) is 4.42. The van der Waals surface area contributed by atoms with Crippen molar-refractivity contribution in [2.24, 2.45) is 5.73 Å². The summed E-state index contributed by atoms with van der Waals surface area (Å²) in [7, 11) is 0. The van der Waals surface area contributed by atoms with E-state index in [1.807, 2.05) is 0 Å². The number of benzene rings is 1. The fourth-order valence-corrected chi connectivity index (χ4v) is 1.63. The zero-order valence-corrected chi connectivity index (χ0v) is 11.5. The van der Waals surface area contributed by atoms with E-state index in [-0.39, 0.29) is 11.4 Å². The third-order valence-corrected chi connectivity index (χ3v) is 2.85. The minimum absolute atomic E-state index is 0.0507. The number of non-ortho nitro benzene ring substituents is 1. The van der Waals surface area contributed by atoms with Gasteiger partial charge in [0.2, 0.25) is 5.76 Å². The molecule has 0 radical (unpaired) electrons. The molecule has 0 aliphatic carbocycles. The highest BCUT2D eigenvalue weighted by Gasteiger charge is 2.19. The van der Waals surface area contributed by atoms with Crippen LogP contribution in [0.4, 0.5) is 5.69 Å². The first-order valence-corrected chi connectivity index (χ1v) is 6.23. The lowest BCUT2D eigenvalue weighted by Crippen LogP contribution is -2.30. The smallest absolute Gasteiger partial charge is 0.375 e. The molecule has 0 aliphatic heterocycles. The fourth-order valence-electron chi connectivity index (χ4n) is 1.63. The molecule has 22 heavy (non-hydrogen) atoms. The maximum Gasteiger partial charge on any atom is 0.375 e. The Hall–Kier alpha value is -3.16. The summed E-state index contributed by atoms with van der Waals surface area (Å²) in [5, 5.41) is 10.6. The van der Waals surface area contributed by atoms with Crippen LogP contribution < -0.4 is 5.73 Å². The van der Waals surface area contributed by atoms with Crippen molar-refractivity contribution in [2.45, 2.75) is 13.0 Å². The van der Waals surface area contributed by atoms with Crippen LogP contribution in [0.5, 0.6) is 0 Å². The van der Waals surface area contributed by atoms with Crippen LogP contribution in [0.3, 0.4) is 0 Å². The van der Waals surface area contributed by atoms with Crippen LogP contribution in [0.2, 0.25) is 0 Å². The Morgan fingerprint density at radius 1 is 1.23 bits per heavy atom. The molecule has 0 bridgehead atoms. The molecule has 2 aromatic rings. The topological polar surface area (TPSA) is 126 Å². The van der Waals surface area contributed by atoms with E-state index in [9.17, 15) is 19.7 Å². The Bertz CT molecular complexity index is 719. The van der Waals surface area contributed by atoms with Crippen LogP contribution in [-0.2, 0) is 9.53 Å². The van der Waals surface area contributed by atoms with E-state index in [0.717, 1.165) is 0 Å². The molecule has 1 amide bonds. The first-order valence-electron chi connectivity index (χ1n) is 6.23. The van der Waals surface area contributed by atoms with Crippen molar-refractivity contribution in [1.82, 2.24) is 0 Å². The van der Waals surface area contributed by atoms with Crippen LogP contribution in [0, 0.1) is 10.1 Å². The third kappa shape index (κ3) is 3.29. The van der Waals surface area contributed by atoms with Gasteiger partial charge in [-0.05, 0) is 31.2 Å². The summed E-state index contributed by atoms with van der Waals surface area (Å²) >= 11 is 0. The third-order valence-electron chi connectivity index (χ3n) is 2.85. The van der Waals surface area contributed by atoms with Gasteiger partial charge in [-0.15, -0.1) is 0 Å². The minimum Gasteiger partial charge on any atom is -0.449 e. The highest BCUT2D eigenvalue weighted by Crippen LogP contribution is 2.24. The van der Waals surface area contributed by atoms with Gasteiger partial charge in [0.25, 0.3) is 11.6 Å². The molecule has 8 nitrogen and oxygen atoms in total. The zero-order chi connectivity index (χ0) is 16.3. The molecular weight excluding hydrogens is 292 g/mol. The van der Waals surface area contributed by atoms with Crippen LogP contribution in [0.25, 0.3) is 11.3 Å². The molecule has 1 heterocycles. The fraction of sp³-hybridized carbons (Fsp3) is 0.143. The van der Waals surface area contributed by atoms with Gasteiger partial charge < -0.3 is 14.9 Å². The summed E-state index contributed by atoms with van der Waals surface area (Å²) in [5.74, 6) is -1.34. The lowest BCUT2D eigenvalue weighted by atomic mass is 10.1. The van der Waals surface area contributed by atoms with Gasteiger partial charge in [-0.25, -0.2) is 4.79 Å². The number of nitro benzene ring substituents is 1. The second-order valence-corrected chi connectivity index (χ2v) is 4.42.